The molecule has 0 radical (unpaired) electrons. The number of nitrogens with two attached hydrogens (primary N) is 1. The van der Waals surface area contributed by atoms with Gasteiger partial charge < -0.3 is 10.2 Å². The van der Waals surface area contributed by atoms with Crippen molar-refractivity contribution in [3.05, 3.63) is 24.2 Å². The van der Waals surface area contributed by atoms with Crippen molar-refractivity contribution in [2.75, 3.05) is 0 Å². The number of hydrogen-bond acceptors (Lipinski definition) is 2. The zero-order valence-electron chi connectivity index (χ0n) is 8.29. The molecule has 1 heterocycles. The minimum absolute atomic E-state index is 0.276. The normalized spacial score (nSPS) is 13.2. The average Bonchev–Trinajstić information content (AvgIpc) is 2.50. The third kappa shape index (κ3) is 3.49. The Hall–Kier alpha value is -0.983. The van der Waals surface area contributed by atoms with Gasteiger partial charge in [-0.15, -0.1) is 5.54 Å². The largest absolute Gasteiger partial charge is 0.467 e. The van der Waals surface area contributed by atoms with Gasteiger partial charge >= 0.3 is 0 Å². The van der Waals surface area contributed by atoms with Crippen LogP contribution >= 0.6 is 0 Å². The molecule has 70 valence electrons. The van der Waals surface area contributed by atoms with E-state index in [0.29, 0.717) is 0 Å². The second-order valence-corrected chi connectivity index (χ2v) is 8.76. The van der Waals surface area contributed by atoms with Crippen molar-refractivity contribution in [3.63, 3.8) is 0 Å². The highest BCUT2D eigenvalue weighted by Gasteiger charge is 2.09. The molecule has 0 saturated heterocycles. The van der Waals surface area contributed by atoms with E-state index in [-0.39, 0.29) is 6.04 Å². The Labute approximate surface area is 80.1 Å². The van der Waals surface area contributed by atoms with Crippen LogP contribution < -0.4 is 5.73 Å². The molecule has 3 heteroatoms. The SMILES string of the molecule is C[Si](C)(C)C#C[C@@H](N)c1ccco1. The molecule has 0 bridgehead atoms. The lowest BCUT2D eigenvalue weighted by atomic mass is 10.2. The molecule has 0 spiro atoms. The first-order chi connectivity index (χ1) is 5.99. The first-order valence-corrected chi connectivity index (χ1v) is 7.81. The quantitative estimate of drug-likeness (QED) is 0.548. The van der Waals surface area contributed by atoms with E-state index in [1.54, 1.807) is 6.26 Å². The van der Waals surface area contributed by atoms with Crippen LogP contribution in [0.25, 0.3) is 0 Å². The highest BCUT2D eigenvalue weighted by Crippen LogP contribution is 2.09. The molecular weight excluding hydrogens is 178 g/mol. The van der Waals surface area contributed by atoms with Crippen LogP contribution in [0, 0.1) is 11.5 Å². The van der Waals surface area contributed by atoms with Gasteiger partial charge in [-0.1, -0.05) is 25.6 Å². The average molecular weight is 193 g/mol. The van der Waals surface area contributed by atoms with E-state index >= 15 is 0 Å². The molecule has 0 fully saturated rings. The standard InChI is InChI=1S/C10H15NOSi/c1-13(2,3)8-6-9(11)10-5-4-7-12-10/h4-5,7,9H,11H2,1-3H3/t9-/m1/s1. The van der Waals surface area contributed by atoms with Crippen LogP contribution in [-0.4, -0.2) is 8.07 Å². The van der Waals surface area contributed by atoms with Gasteiger partial charge in [0.2, 0.25) is 0 Å². The van der Waals surface area contributed by atoms with E-state index in [4.69, 9.17) is 10.2 Å². The van der Waals surface area contributed by atoms with Gasteiger partial charge in [-0.3, -0.25) is 0 Å². The van der Waals surface area contributed by atoms with Gasteiger partial charge in [0.1, 0.15) is 19.9 Å². The fraction of sp³-hybridized carbons (Fsp3) is 0.400. The van der Waals surface area contributed by atoms with E-state index in [1.807, 2.05) is 12.1 Å². The summed E-state index contributed by atoms with van der Waals surface area (Å²) in [5, 5.41) is 0. The first kappa shape index (κ1) is 10.1. The van der Waals surface area contributed by atoms with Crippen molar-refractivity contribution in [3.8, 4) is 11.5 Å². The molecule has 2 N–H and O–H groups in total. The van der Waals surface area contributed by atoms with Crippen LogP contribution in [0.3, 0.4) is 0 Å². The second kappa shape index (κ2) is 3.82. The van der Waals surface area contributed by atoms with E-state index in [0.717, 1.165) is 5.76 Å². The fourth-order valence-corrected chi connectivity index (χ4v) is 1.42. The van der Waals surface area contributed by atoms with Crippen molar-refractivity contribution in [1.82, 2.24) is 0 Å². The van der Waals surface area contributed by atoms with Gasteiger partial charge in [0.15, 0.2) is 0 Å². The van der Waals surface area contributed by atoms with Crippen LogP contribution in [0.5, 0.6) is 0 Å². The maximum Gasteiger partial charge on any atom is 0.132 e. The van der Waals surface area contributed by atoms with Crippen molar-refractivity contribution < 1.29 is 4.42 Å². The summed E-state index contributed by atoms with van der Waals surface area (Å²) in [6.45, 7) is 6.57. The lowest BCUT2D eigenvalue weighted by Gasteiger charge is -2.05. The maximum absolute atomic E-state index is 5.80. The Morgan fingerprint density at radius 3 is 2.62 bits per heavy atom. The van der Waals surface area contributed by atoms with Gasteiger partial charge in [0, 0.05) is 0 Å². The summed E-state index contributed by atoms with van der Waals surface area (Å²) in [6, 6.07) is 3.40. The molecule has 1 aromatic rings. The zero-order chi connectivity index (χ0) is 9.90. The molecule has 0 amide bonds. The Bertz CT molecular complexity index is 313. The van der Waals surface area contributed by atoms with Crippen LogP contribution in [0.15, 0.2) is 22.8 Å². The highest BCUT2D eigenvalue weighted by molar-refractivity contribution is 6.83. The molecule has 0 aliphatic heterocycles. The van der Waals surface area contributed by atoms with Gasteiger partial charge in [0.25, 0.3) is 0 Å². The smallest absolute Gasteiger partial charge is 0.132 e. The molecule has 13 heavy (non-hydrogen) atoms. The highest BCUT2D eigenvalue weighted by atomic mass is 28.3. The second-order valence-electron chi connectivity index (χ2n) is 4.01. The van der Waals surface area contributed by atoms with Crippen molar-refractivity contribution in [2.45, 2.75) is 25.7 Å². The number of rotatable bonds is 1. The molecule has 0 unspecified atom stereocenters. The zero-order valence-corrected chi connectivity index (χ0v) is 9.29. The van der Waals surface area contributed by atoms with E-state index in [1.165, 1.54) is 0 Å². The summed E-state index contributed by atoms with van der Waals surface area (Å²) in [7, 11) is -1.32. The summed E-state index contributed by atoms with van der Waals surface area (Å²) in [6.07, 6.45) is 1.62. The Morgan fingerprint density at radius 1 is 1.46 bits per heavy atom. The molecule has 0 saturated carbocycles. The lowest BCUT2D eigenvalue weighted by molar-refractivity contribution is 0.498. The van der Waals surface area contributed by atoms with Crippen LogP contribution in [0.4, 0.5) is 0 Å². The fourth-order valence-electron chi connectivity index (χ4n) is 0.834. The van der Waals surface area contributed by atoms with E-state index in [2.05, 4.69) is 31.1 Å². The maximum atomic E-state index is 5.80. The summed E-state index contributed by atoms with van der Waals surface area (Å²) >= 11 is 0. The summed E-state index contributed by atoms with van der Waals surface area (Å²) in [4.78, 5) is 0. The summed E-state index contributed by atoms with van der Waals surface area (Å²) < 4.78 is 5.15. The molecule has 0 aliphatic carbocycles. The molecule has 1 rings (SSSR count). The van der Waals surface area contributed by atoms with Crippen molar-refractivity contribution in [2.24, 2.45) is 5.73 Å². The van der Waals surface area contributed by atoms with Gasteiger partial charge in [0.05, 0.1) is 6.26 Å². The Morgan fingerprint density at radius 2 is 2.15 bits per heavy atom. The van der Waals surface area contributed by atoms with Crippen LogP contribution in [0.1, 0.15) is 11.8 Å². The van der Waals surface area contributed by atoms with Crippen molar-refractivity contribution >= 4 is 8.07 Å². The van der Waals surface area contributed by atoms with Gasteiger partial charge in [-0.05, 0) is 12.1 Å². The summed E-state index contributed by atoms with van der Waals surface area (Å²) in [5.41, 5.74) is 9.02. The monoisotopic (exact) mass is 193 g/mol. The predicted octanol–water partition coefficient (Wildman–Crippen LogP) is 2.16. The lowest BCUT2D eigenvalue weighted by Crippen LogP contribution is -2.18. The van der Waals surface area contributed by atoms with Crippen LogP contribution in [0.2, 0.25) is 19.6 Å². The van der Waals surface area contributed by atoms with Gasteiger partial charge in [-0.2, -0.15) is 0 Å². The number of furan rings is 1. The van der Waals surface area contributed by atoms with Crippen LogP contribution in [-0.2, 0) is 0 Å². The Kier molecular flexibility index (Phi) is 2.97. The third-order valence-corrected chi connectivity index (χ3v) is 2.35. The van der Waals surface area contributed by atoms with Crippen molar-refractivity contribution in [1.29, 1.82) is 0 Å². The molecule has 1 aromatic heterocycles. The van der Waals surface area contributed by atoms with Gasteiger partial charge in [-0.25, -0.2) is 0 Å². The molecule has 1 atom stereocenters. The minimum atomic E-state index is -1.32. The topological polar surface area (TPSA) is 39.2 Å². The summed E-state index contributed by atoms with van der Waals surface area (Å²) in [5.74, 6) is 3.76. The molecule has 0 aliphatic rings. The van der Waals surface area contributed by atoms with E-state index in [9.17, 15) is 0 Å². The first-order valence-electron chi connectivity index (χ1n) is 4.31. The minimum Gasteiger partial charge on any atom is -0.467 e. The number of hydrogen-bond donors (Lipinski definition) is 1. The molecule has 2 nitrogen and oxygen atoms in total. The molecular formula is C10H15NOSi. The predicted molar refractivity (Wildman–Crippen MR) is 56.8 cm³/mol. The molecule has 0 aromatic carbocycles. The van der Waals surface area contributed by atoms with E-state index < -0.39 is 8.07 Å². The third-order valence-electron chi connectivity index (χ3n) is 1.45. The Balaban J connectivity index is 2.69.